The number of piperidine rings is 1. The standard InChI is InChI=1S/C23H27N5O2/c1-2-11-28-12-9-19(10-13-28)26-23(30)27-21-8-4-6-18(15-21)22(29)25-20-7-3-5-17(14-20)16-24/h3-8,14-15,19H,2,9-13H2,1H3,(H,25,29)(H2,26,27,30). The number of hydrogen-bond acceptors (Lipinski definition) is 4. The molecule has 0 radical (unpaired) electrons. The van der Waals surface area contributed by atoms with E-state index >= 15 is 0 Å². The quantitative estimate of drug-likeness (QED) is 0.681. The van der Waals surface area contributed by atoms with Crippen LogP contribution in [0.5, 0.6) is 0 Å². The van der Waals surface area contributed by atoms with Crippen LogP contribution in [0.15, 0.2) is 48.5 Å². The fourth-order valence-electron chi connectivity index (χ4n) is 3.58. The Hall–Kier alpha value is -3.37. The number of rotatable bonds is 6. The van der Waals surface area contributed by atoms with E-state index in [1.807, 2.05) is 6.07 Å². The zero-order valence-corrected chi connectivity index (χ0v) is 17.1. The third kappa shape index (κ3) is 6.06. The summed E-state index contributed by atoms with van der Waals surface area (Å²) in [6, 6.07) is 15.4. The molecule has 7 nitrogen and oxygen atoms in total. The van der Waals surface area contributed by atoms with Gasteiger partial charge < -0.3 is 20.9 Å². The van der Waals surface area contributed by atoms with Gasteiger partial charge >= 0.3 is 6.03 Å². The lowest BCUT2D eigenvalue weighted by Gasteiger charge is -2.32. The van der Waals surface area contributed by atoms with Crippen LogP contribution in [0.4, 0.5) is 16.2 Å². The van der Waals surface area contributed by atoms with E-state index in [0.717, 1.165) is 38.9 Å². The zero-order chi connectivity index (χ0) is 21.3. The normalized spacial score (nSPS) is 14.5. The molecule has 3 amide bonds. The molecule has 7 heteroatoms. The number of likely N-dealkylation sites (tertiary alicyclic amines) is 1. The summed E-state index contributed by atoms with van der Waals surface area (Å²) >= 11 is 0. The van der Waals surface area contributed by atoms with E-state index in [2.05, 4.69) is 27.8 Å². The van der Waals surface area contributed by atoms with E-state index in [9.17, 15) is 9.59 Å². The number of amides is 3. The minimum Gasteiger partial charge on any atom is -0.335 e. The number of hydrogen-bond donors (Lipinski definition) is 3. The molecule has 1 heterocycles. The lowest BCUT2D eigenvalue weighted by Crippen LogP contribution is -2.46. The number of anilines is 2. The van der Waals surface area contributed by atoms with Gasteiger partial charge in [-0.3, -0.25) is 4.79 Å². The van der Waals surface area contributed by atoms with E-state index in [0.29, 0.717) is 22.5 Å². The van der Waals surface area contributed by atoms with Crippen molar-refractivity contribution in [1.82, 2.24) is 10.2 Å². The number of urea groups is 1. The summed E-state index contributed by atoms with van der Waals surface area (Å²) in [7, 11) is 0. The number of nitriles is 1. The summed E-state index contributed by atoms with van der Waals surface area (Å²) < 4.78 is 0. The second kappa shape index (κ2) is 10.4. The molecule has 2 aromatic carbocycles. The van der Waals surface area contributed by atoms with Crippen molar-refractivity contribution in [1.29, 1.82) is 5.26 Å². The molecule has 0 atom stereocenters. The van der Waals surface area contributed by atoms with Crippen LogP contribution in [-0.2, 0) is 0 Å². The first-order chi connectivity index (χ1) is 14.6. The molecule has 1 aliphatic rings. The van der Waals surface area contributed by atoms with Gasteiger partial charge in [0.25, 0.3) is 5.91 Å². The second-order valence-corrected chi connectivity index (χ2v) is 7.44. The molecule has 156 valence electrons. The Labute approximate surface area is 177 Å². The van der Waals surface area contributed by atoms with Crippen molar-refractivity contribution in [3.63, 3.8) is 0 Å². The first-order valence-electron chi connectivity index (χ1n) is 10.3. The van der Waals surface area contributed by atoms with Gasteiger partial charge in [0, 0.05) is 36.1 Å². The van der Waals surface area contributed by atoms with E-state index in [4.69, 9.17) is 5.26 Å². The minimum atomic E-state index is -0.308. The minimum absolute atomic E-state index is 0.164. The molecule has 0 aromatic heterocycles. The van der Waals surface area contributed by atoms with Crippen LogP contribution >= 0.6 is 0 Å². The summed E-state index contributed by atoms with van der Waals surface area (Å²) in [6.07, 6.45) is 3.03. The van der Waals surface area contributed by atoms with Gasteiger partial charge in [-0.15, -0.1) is 0 Å². The van der Waals surface area contributed by atoms with Gasteiger partial charge in [-0.2, -0.15) is 5.26 Å². The van der Waals surface area contributed by atoms with Crippen molar-refractivity contribution < 1.29 is 9.59 Å². The Morgan fingerprint density at radius 1 is 1.07 bits per heavy atom. The van der Waals surface area contributed by atoms with Crippen LogP contribution in [-0.4, -0.2) is 42.5 Å². The highest BCUT2D eigenvalue weighted by atomic mass is 16.2. The first-order valence-corrected chi connectivity index (χ1v) is 10.3. The molecule has 2 aromatic rings. The summed E-state index contributed by atoms with van der Waals surface area (Å²) in [5.74, 6) is -0.308. The molecule has 30 heavy (non-hydrogen) atoms. The molecule has 0 saturated carbocycles. The SMILES string of the molecule is CCCN1CCC(NC(=O)Nc2cccc(C(=O)Nc3cccc(C#N)c3)c2)CC1. The Kier molecular flexibility index (Phi) is 7.41. The number of carbonyl (C=O) groups is 2. The largest absolute Gasteiger partial charge is 0.335 e. The van der Waals surface area contributed by atoms with Crippen molar-refractivity contribution in [2.24, 2.45) is 0 Å². The van der Waals surface area contributed by atoms with Crippen LogP contribution in [0.25, 0.3) is 0 Å². The summed E-state index contributed by atoms with van der Waals surface area (Å²) in [4.78, 5) is 27.3. The Balaban J connectivity index is 1.54. The fraction of sp³-hybridized carbons (Fsp3) is 0.348. The van der Waals surface area contributed by atoms with Crippen molar-refractivity contribution in [3.05, 3.63) is 59.7 Å². The topological polar surface area (TPSA) is 97.3 Å². The lowest BCUT2D eigenvalue weighted by atomic mass is 10.1. The van der Waals surface area contributed by atoms with Gasteiger partial charge in [0.15, 0.2) is 0 Å². The molecule has 0 bridgehead atoms. The first kappa shape index (κ1) is 21.3. The van der Waals surface area contributed by atoms with E-state index < -0.39 is 0 Å². The zero-order valence-electron chi connectivity index (χ0n) is 17.1. The summed E-state index contributed by atoms with van der Waals surface area (Å²) in [6.45, 7) is 5.28. The lowest BCUT2D eigenvalue weighted by molar-refractivity contribution is 0.102. The fourth-order valence-corrected chi connectivity index (χ4v) is 3.58. The van der Waals surface area contributed by atoms with Gasteiger partial charge in [-0.1, -0.05) is 19.1 Å². The molecule has 1 saturated heterocycles. The number of carbonyl (C=O) groups excluding carboxylic acids is 2. The van der Waals surface area contributed by atoms with Crippen LogP contribution in [0.2, 0.25) is 0 Å². The van der Waals surface area contributed by atoms with Gasteiger partial charge in [-0.05, 0) is 62.2 Å². The molecule has 0 spiro atoms. The van der Waals surface area contributed by atoms with Crippen molar-refractivity contribution in [2.45, 2.75) is 32.2 Å². The molecule has 0 aliphatic carbocycles. The smallest absolute Gasteiger partial charge is 0.319 e. The Morgan fingerprint density at radius 2 is 1.77 bits per heavy atom. The number of nitrogens with zero attached hydrogens (tertiary/aromatic N) is 2. The maximum atomic E-state index is 12.5. The predicted molar refractivity (Wildman–Crippen MR) is 117 cm³/mol. The Morgan fingerprint density at radius 3 is 2.47 bits per heavy atom. The highest BCUT2D eigenvalue weighted by molar-refractivity contribution is 6.05. The van der Waals surface area contributed by atoms with Crippen LogP contribution in [0.3, 0.4) is 0 Å². The maximum Gasteiger partial charge on any atom is 0.319 e. The van der Waals surface area contributed by atoms with Crippen molar-refractivity contribution in [2.75, 3.05) is 30.3 Å². The van der Waals surface area contributed by atoms with Crippen molar-refractivity contribution in [3.8, 4) is 6.07 Å². The molecule has 0 unspecified atom stereocenters. The summed E-state index contributed by atoms with van der Waals surface area (Å²) in [5.41, 5.74) is 1.99. The summed E-state index contributed by atoms with van der Waals surface area (Å²) in [5, 5.41) is 17.6. The predicted octanol–water partition coefficient (Wildman–Crippen LogP) is 3.81. The molecular weight excluding hydrogens is 378 g/mol. The van der Waals surface area contributed by atoms with Crippen LogP contribution in [0, 0.1) is 11.3 Å². The van der Waals surface area contributed by atoms with Gasteiger partial charge in [0.05, 0.1) is 11.6 Å². The highest BCUT2D eigenvalue weighted by Gasteiger charge is 2.20. The molecule has 1 fully saturated rings. The third-order valence-corrected chi connectivity index (χ3v) is 5.09. The van der Waals surface area contributed by atoms with E-state index in [1.54, 1.807) is 48.5 Å². The van der Waals surface area contributed by atoms with Crippen LogP contribution < -0.4 is 16.0 Å². The molecule has 1 aliphatic heterocycles. The Bertz CT molecular complexity index is 929. The molecular formula is C23H27N5O2. The van der Waals surface area contributed by atoms with Gasteiger partial charge in [-0.25, -0.2) is 4.79 Å². The van der Waals surface area contributed by atoms with Gasteiger partial charge in [0.2, 0.25) is 0 Å². The van der Waals surface area contributed by atoms with Crippen LogP contribution in [0.1, 0.15) is 42.1 Å². The molecule has 3 N–H and O–H groups in total. The van der Waals surface area contributed by atoms with Crippen molar-refractivity contribution >= 4 is 23.3 Å². The third-order valence-electron chi connectivity index (χ3n) is 5.09. The highest BCUT2D eigenvalue weighted by Crippen LogP contribution is 2.16. The van der Waals surface area contributed by atoms with Gasteiger partial charge in [0.1, 0.15) is 0 Å². The van der Waals surface area contributed by atoms with E-state index in [-0.39, 0.29) is 18.0 Å². The molecule has 3 rings (SSSR count). The average molecular weight is 406 g/mol. The maximum absolute atomic E-state index is 12.5. The average Bonchev–Trinajstić information content (AvgIpc) is 2.75. The van der Waals surface area contributed by atoms with E-state index in [1.165, 1.54) is 0 Å². The monoisotopic (exact) mass is 405 g/mol. The second-order valence-electron chi connectivity index (χ2n) is 7.44. The number of benzene rings is 2. The number of nitrogens with one attached hydrogen (secondary N) is 3.